The second-order valence-corrected chi connectivity index (χ2v) is 6.18. The zero-order valence-electron chi connectivity index (χ0n) is 16.7. The fourth-order valence-electron chi connectivity index (χ4n) is 2.79. The number of alkyl carbamates (subject to hydrolysis) is 1. The summed E-state index contributed by atoms with van der Waals surface area (Å²) in [5.74, 6) is 1.50. The third-order valence-corrected chi connectivity index (χ3v) is 4.22. The van der Waals surface area contributed by atoms with Gasteiger partial charge in [-0.1, -0.05) is 19.4 Å². The third kappa shape index (κ3) is 7.02. The minimum Gasteiger partial charge on any atom is -0.493 e. The first-order chi connectivity index (χ1) is 13.0. The molecule has 0 saturated heterocycles. The van der Waals surface area contributed by atoms with Crippen LogP contribution in [-0.2, 0) is 11.3 Å². The Morgan fingerprint density at radius 2 is 1.81 bits per heavy atom. The number of amides is 1. The maximum Gasteiger partial charge on any atom is 0.407 e. The summed E-state index contributed by atoms with van der Waals surface area (Å²) in [5, 5.41) is 2.87. The van der Waals surface area contributed by atoms with Crippen molar-refractivity contribution < 1.29 is 23.7 Å². The van der Waals surface area contributed by atoms with E-state index in [2.05, 4.69) is 18.8 Å². The molecule has 0 radical (unpaired) electrons. The molecule has 2 unspecified atom stereocenters. The van der Waals surface area contributed by atoms with E-state index in [1.807, 2.05) is 6.08 Å². The SMILES string of the molecule is C=CCCC(NC(=O)OCc1cc(OC)c(OC)c(OC)c1)C(N)CCC. The van der Waals surface area contributed by atoms with E-state index in [4.69, 9.17) is 24.7 Å². The third-order valence-electron chi connectivity index (χ3n) is 4.22. The summed E-state index contributed by atoms with van der Waals surface area (Å²) in [4.78, 5) is 12.2. The lowest BCUT2D eigenvalue weighted by atomic mass is 10.00. The van der Waals surface area contributed by atoms with Crippen molar-refractivity contribution in [1.29, 1.82) is 0 Å². The molecule has 0 fully saturated rings. The van der Waals surface area contributed by atoms with Crippen molar-refractivity contribution in [3.8, 4) is 17.2 Å². The molecule has 0 saturated carbocycles. The Kier molecular flexibility index (Phi) is 10.1. The minimum atomic E-state index is -0.510. The van der Waals surface area contributed by atoms with Crippen molar-refractivity contribution in [1.82, 2.24) is 5.32 Å². The lowest BCUT2D eigenvalue weighted by Crippen LogP contribution is -2.47. The minimum absolute atomic E-state index is 0.0692. The van der Waals surface area contributed by atoms with Crippen molar-refractivity contribution >= 4 is 6.09 Å². The molecule has 1 amide bonds. The number of carbonyl (C=O) groups excluding carboxylic acids is 1. The van der Waals surface area contributed by atoms with Crippen LogP contribution in [0.5, 0.6) is 17.2 Å². The van der Waals surface area contributed by atoms with E-state index in [1.54, 1.807) is 12.1 Å². The summed E-state index contributed by atoms with van der Waals surface area (Å²) in [6, 6.07) is 3.21. The first kappa shape index (κ1) is 22.6. The summed E-state index contributed by atoms with van der Waals surface area (Å²) in [6.07, 6.45) is 4.58. The maximum absolute atomic E-state index is 12.2. The molecule has 152 valence electrons. The summed E-state index contributed by atoms with van der Waals surface area (Å²) in [5.41, 5.74) is 6.90. The van der Waals surface area contributed by atoms with Crippen LogP contribution in [0.3, 0.4) is 0 Å². The van der Waals surface area contributed by atoms with E-state index in [9.17, 15) is 4.79 Å². The van der Waals surface area contributed by atoms with Crippen LogP contribution in [0.1, 0.15) is 38.2 Å². The topological polar surface area (TPSA) is 92.0 Å². The van der Waals surface area contributed by atoms with Gasteiger partial charge < -0.3 is 30.0 Å². The molecule has 0 aliphatic heterocycles. The number of hydrogen-bond acceptors (Lipinski definition) is 6. The molecule has 0 aromatic heterocycles. The number of allylic oxidation sites excluding steroid dienone is 1. The Hall–Kier alpha value is -2.41. The summed E-state index contributed by atoms with van der Waals surface area (Å²) in [7, 11) is 4.61. The average molecular weight is 380 g/mol. The Bertz CT molecular complexity index is 581. The second-order valence-electron chi connectivity index (χ2n) is 6.18. The average Bonchev–Trinajstić information content (AvgIpc) is 2.68. The van der Waals surface area contributed by atoms with Gasteiger partial charge in [0.25, 0.3) is 0 Å². The number of methoxy groups -OCH3 is 3. The largest absolute Gasteiger partial charge is 0.493 e. The number of hydrogen-bond donors (Lipinski definition) is 2. The molecule has 27 heavy (non-hydrogen) atoms. The van der Waals surface area contributed by atoms with E-state index in [-0.39, 0.29) is 18.7 Å². The van der Waals surface area contributed by atoms with Crippen molar-refractivity contribution in [2.75, 3.05) is 21.3 Å². The number of nitrogens with two attached hydrogens (primary N) is 1. The van der Waals surface area contributed by atoms with Gasteiger partial charge in [0, 0.05) is 12.1 Å². The molecule has 0 bridgehead atoms. The van der Waals surface area contributed by atoms with Crippen LogP contribution in [0.2, 0.25) is 0 Å². The first-order valence-corrected chi connectivity index (χ1v) is 9.09. The fourth-order valence-corrected chi connectivity index (χ4v) is 2.79. The van der Waals surface area contributed by atoms with Crippen molar-refractivity contribution in [3.63, 3.8) is 0 Å². The zero-order chi connectivity index (χ0) is 20.2. The van der Waals surface area contributed by atoms with Crippen LogP contribution in [0, 0.1) is 0 Å². The van der Waals surface area contributed by atoms with Crippen LogP contribution in [0.4, 0.5) is 4.79 Å². The lowest BCUT2D eigenvalue weighted by molar-refractivity contribution is 0.133. The first-order valence-electron chi connectivity index (χ1n) is 9.09. The van der Waals surface area contributed by atoms with E-state index in [1.165, 1.54) is 21.3 Å². The predicted molar refractivity (Wildman–Crippen MR) is 106 cm³/mol. The van der Waals surface area contributed by atoms with Crippen molar-refractivity contribution in [2.24, 2.45) is 5.73 Å². The molecule has 3 N–H and O–H groups in total. The van der Waals surface area contributed by atoms with Gasteiger partial charge >= 0.3 is 6.09 Å². The lowest BCUT2D eigenvalue weighted by Gasteiger charge is -2.24. The molecule has 0 spiro atoms. The molecule has 2 atom stereocenters. The number of rotatable bonds is 12. The van der Waals surface area contributed by atoms with Gasteiger partial charge in [-0.3, -0.25) is 0 Å². The fraction of sp³-hybridized carbons (Fsp3) is 0.550. The molecular weight excluding hydrogens is 348 g/mol. The van der Waals surface area contributed by atoms with Gasteiger partial charge in [-0.2, -0.15) is 0 Å². The van der Waals surface area contributed by atoms with Crippen LogP contribution in [0.25, 0.3) is 0 Å². The molecule has 0 heterocycles. The predicted octanol–water partition coefficient (Wildman–Crippen LogP) is 3.40. The smallest absolute Gasteiger partial charge is 0.407 e. The van der Waals surface area contributed by atoms with Gasteiger partial charge in [0.2, 0.25) is 5.75 Å². The van der Waals surface area contributed by atoms with Gasteiger partial charge in [-0.25, -0.2) is 4.79 Å². The molecule has 7 nitrogen and oxygen atoms in total. The monoisotopic (exact) mass is 380 g/mol. The molecule has 0 aliphatic rings. The van der Waals surface area contributed by atoms with Gasteiger partial charge in [0.05, 0.1) is 21.3 Å². The van der Waals surface area contributed by atoms with Crippen LogP contribution in [-0.4, -0.2) is 39.5 Å². The Balaban J connectivity index is 2.75. The quantitative estimate of drug-likeness (QED) is 0.540. The van der Waals surface area contributed by atoms with Gasteiger partial charge in [-0.05, 0) is 37.0 Å². The normalized spacial score (nSPS) is 12.6. The highest BCUT2D eigenvalue weighted by atomic mass is 16.5. The summed E-state index contributed by atoms with van der Waals surface area (Å²) in [6.45, 7) is 5.85. The number of benzene rings is 1. The second kappa shape index (κ2) is 12.1. The molecular formula is C20H32N2O5. The Morgan fingerprint density at radius 1 is 1.19 bits per heavy atom. The van der Waals surface area contributed by atoms with E-state index >= 15 is 0 Å². The van der Waals surface area contributed by atoms with Gasteiger partial charge in [-0.15, -0.1) is 6.58 Å². The maximum atomic E-state index is 12.2. The van der Waals surface area contributed by atoms with Crippen LogP contribution < -0.4 is 25.3 Å². The number of nitrogens with one attached hydrogen (secondary N) is 1. The standard InChI is InChI=1S/C20H32N2O5/c1-6-8-10-16(15(21)9-7-2)22-20(23)27-13-14-11-17(24-3)19(26-5)18(12-14)25-4/h6,11-12,15-16H,1,7-10,13,21H2,2-5H3,(H,22,23). The van der Waals surface area contributed by atoms with E-state index in [0.29, 0.717) is 17.2 Å². The van der Waals surface area contributed by atoms with E-state index < -0.39 is 6.09 Å². The summed E-state index contributed by atoms with van der Waals surface area (Å²) < 4.78 is 21.3. The van der Waals surface area contributed by atoms with E-state index in [0.717, 1.165) is 31.2 Å². The van der Waals surface area contributed by atoms with Crippen molar-refractivity contribution in [2.45, 2.75) is 51.3 Å². The molecule has 1 aromatic carbocycles. The Morgan fingerprint density at radius 3 is 2.30 bits per heavy atom. The highest BCUT2D eigenvalue weighted by Gasteiger charge is 2.20. The van der Waals surface area contributed by atoms with Crippen LogP contribution in [0.15, 0.2) is 24.8 Å². The molecule has 1 rings (SSSR count). The van der Waals surface area contributed by atoms with Gasteiger partial charge in [0.15, 0.2) is 11.5 Å². The van der Waals surface area contributed by atoms with Crippen molar-refractivity contribution in [3.05, 3.63) is 30.4 Å². The highest BCUT2D eigenvalue weighted by molar-refractivity contribution is 5.67. The molecule has 0 aliphatic carbocycles. The zero-order valence-corrected chi connectivity index (χ0v) is 16.7. The van der Waals surface area contributed by atoms with Gasteiger partial charge in [0.1, 0.15) is 6.61 Å². The summed E-state index contributed by atoms with van der Waals surface area (Å²) >= 11 is 0. The van der Waals surface area contributed by atoms with Crippen LogP contribution >= 0.6 is 0 Å². The number of carbonyl (C=O) groups is 1. The highest BCUT2D eigenvalue weighted by Crippen LogP contribution is 2.38. The Labute approximate surface area is 161 Å². The molecule has 7 heteroatoms. The number of ether oxygens (including phenoxy) is 4. The molecule has 1 aromatic rings.